The second kappa shape index (κ2) is 10.1. The van der Waals surface area contributed by atoms with E-state index < -0.39 is 11.3 Å². The number of amides is 1. The fraction of sp³-hybridized carbons (Fsp3) is 0.421. The van der Waals surface area contributed by atoms with Gasteiger partial charge in [-0.15, -0.1) is 0 Å². The number of ether oxygens (including phenoxy) is 1. The first-order valence-corrected chi connectivity index (χ1v) is 10.0. The molecule has 1 heterocycles. The van der Waals surface area contributed by atoms with Gasteiger partial charge in [0.15, 0.2) is 0 Å². The summed E-state index contributed by atoms with van der Waals surface area (Å²) in [4.78, 5) is 19.3. The number of hydrogen-bond acceptors (Lipinski definition) is 6. The third-order valence-corrected chi connectivity index (χ3v) is 4.46. The van der Waals surface area contributed by atoms with Crippen LogP contribution in [0.5, 0.6) is 5.88 Å². The second-order valence-corrected chi connectivity index (χ2v) is 7.61. The van der Waals surface area contributed by atoms with Gasteiger partial charge in [0, 0.05) is 22.9 Å². The zero-order chi connectivity index (χ0) is 20.7. The van der Waals surface area contributed by atoms with E-state index in [0.29, 0.717) is 18.0 Å². The molecule has 152 valence electrons. The molecule has 0 bridgehead atoms. The van der Waals surface area contributed by atoms with Crippen molar-refractivity contribution in [2.75, 3.05) is 11.3 Å². The van der Waals surface area contributed by atoms with Gasteiger partial charge in [-0.1, -0.05) is 32.0 Å². The molecule has 0 aliphatic heterocycles. The summed E-state index contributed by atoms with van der Waals surface area (Å²) in [6.07, 6.45) is 1.38. The van der Waals surface area contributed by atoms with Gasteiger partial charge in [-0.25, -0.2) is 4.98 Å². The van der Waals surface area contributed by atoms with Crippen LogP contribution in [0.1, 0.15) is 31.4 Å². The molecule has 1 aromatic heterocycles. The minimum absolute atomic E-state index is 0.0766. The zero-order valence-electron chi connectivity index (χ0n) is 16.4. The summed E-state index contributed by atoms with van der Waals surface area (Å²) in [5, 5.41) is 2.73. The minimum Gasteiger partial charge on any atom is -0.755 e. The van der Waals surface area contributed by atoms with Crippen LogP contribution in [0.3, 0.4) is 0 Å². The number of rotatable bonds is 10. The summed E-state index contributed by atoms with van der Waals surface area (Å²) in [5.41, 5.74) is 3.44. The van der Waals surface area contributed by atoms with Gasteiger partial charge in [0.1, 0.15) is 6.61 Å². The predicted molar refractivity (Wildman–Crippen MR) is 107 cm³/mol. The SMILES string of the molecule is Cc1cccc(C)c1-c1cc(OC[C@@H](CC(C)C)NC=O)nc(NS(=O)[O-])n1. The van der Waals surface area contributed by atoms with E-state index >= 15 is 0 Å². The average Bonchev–Trinajstić information content (AvgIpc) is 2.58. The van der Waals surface area contributed by atoms with Crippen LogP contribution in [-0.4, -0.2) is 37.8 Å². The monoisotopic (exact) mass is 405 g/mol. The molecule has 2 atom stereocenters. The number of carbonyl (C=O) groups is 1. The van der Waals surface area contributed by atoms with Crippen LogP contribution in [0.2, 0.25) is 0 Å². The van der Waals surface area contributed by atoms with Crippen LogP contribution in [0, 0.1) is 19.8 Å². The highest BCUT2D eigenvalue weighted by molar-refractivity contribution is 7.80. The quantitative estimate of drug-likeness (QED) is 0.463. The first-order chi connectivity index (χ1) is 13.3. The van der Waals surface area contributed by atoms with Crippen LogP contribution in [-0.2, 0) is 16.1 Å². The molecule has 28 heavy (non-hydrogen) atoms. The van der Waals surface area contributed by atoms with Gasteiger partial charge < -0.3 is 14.6 Å². The maximum atomic E-state index is 11.1. The molecule has 0 saturated heterocycles. The highest BCUT2D eigenvalue weighted by atomic mass is 32.2. The van der Waals surface area contributed by atoms with Crippen molar-refractivity contribution in [3.63, 3.8) is 0 Å². The molecule has 2 N–H and O–H groups in total. The van der Waals surface area contributed by atoms with Gasteiger partial charge in [0.05, 0.1) is 11.7 Å². The van der Waals surface area contributed by atoms with Gasteiger partial charge in [0.2, 0.25) is 18.2 Å². The van der Waals surface area contributed by atoms with E-state index in [-0.39, 0.29) is 24.5 Å². The number of nitrogens with zero attached hydrogens (tertiary/aromatic N) is 2. The Morgan fingerprint density at radius 3 is 2.50 bits per heavy atom. The second-order valence-electron chi connectivity index (χ2n) is 6.94. The Morgan fingerprint density at radius 1 is 1.25 bits per heavy atom. The molecule has 0 aliphatic carbocycles. The molecule has 0 spiro atoms. The Balaban J connectivity index is 2.35. The molecule has 8 nitrogen and oxygen atoms in total. The summed E-state index contributed by atoms with van der Waals surface area (Å²) in [7, 11) is 0. The molecule has 9 heteroatoms. The van der Waals surface area contributed by atoms with Crippen LogP contribution >= 0.6 is 0 Å². The number of aryl methyl sites for hydroxylation is 2. The molecule has 1 amide bonds. The third kappa shape index (κ3) is 6.28. The van der Waals surface area contributed by atoms with E-state index in [1.54, 1.807) is 6.07 Å². The molecule has 0 radical (unpaired) electrons. The van der Waals surface area contributed by atoms with Gasteiger partial charge in [-0.05, 0) is 37.3 Å². The molecule has 0 aliphatic rings. The maximum absolute atomic E-state index is 11.1. The van der Waals surface area contributed by atoms with E-state index in [2.05, 4.69) is 33.9 Å². The lowest BCUT2D eigenvalue weighted by Crippen LogP contribution is -2.35. The Bertz CT molecular complexity index is 824. The van der Waals surface area contributed by atoms with Crippen molar-refractivity contribution in [3.05, 3.63) is 35.4 Å². The van der Waals surface area contributed by atoms with E-state index in [1.165, 1.54) is 0 Å². The average molecular weight is 406 g/mol. The lowest BCUT2D eigenvalue weighted by molar-refractivity contribution is -0.110. The van der Waals surface area contributed by atoms with Crippen molar-refractivity contribution in [2.45, 2.75) is 40.2 Å². The highest BCUT2D eigenvalue weighted by Gasteiger charge is 2.15. The lowest BCUT2D eigenvalue weighted by atomic mass is 10.00. The molecule has 1 unspecified atom stereocenters. The van der Waals surface area contributed by atoms with Gasteiger partial charge in [0.25, 0.3) is 0 Å². The van der Waals surface area contributed by atoms with Crippen molar-refractivity contribution in [1.29, 1.82) is 0 Å². The largest absolute Gasteiger partial charge is 0.755 e. The third-order valence-electron chi connectivity index (χ3n) is 4.11. The fourth-order valence-corrected chi connectivity index (χ4v) is 3.24. The molecule has 2 aromatic rings. The first kappa shape index (κ1) is 21.8. The summed E-state index contributed by atoms with van der Waals surface area (Å²) in [6.45, 7) is 8.22. The van der Waals surface area contributed by atoms with Crippen LogP contribution in [0.15, 0.2) is 24.3 Å². The molecule has 0 saturated carbocycles. The number of hydrogen-bond donors (Lipinski definition) is 2. The number of carbonyl (C=O) groups excluding carboxylic acids is 1. The normalized spacial score (nSPS) is 13.1. The predicted octanol–water partition coefficient (Wildman–Crippen LogP) is 2.51. The van der Waals surface area contributed by atoms with Crippen molar-refractivity contribution >= 4 is 23.6 Å². The summed E-state index contributed by atoms with van der Waals surface area (Å²) in [5.74, 6) is 0.519. The van der Waals surface area contributed by atoms with Gasteiger partial charge >= 0.3 is 0 Å². The fourth-order valence-electron chi connectivity index (χ4n) is 3.00. The van der Waals surface area contributed by atoms with Crippen molar-refractivity contribution in [3.8, 4) is 17.1 Å². The number of aromatic nitrogens is 2. The summed E-state index contributed by atoms with van der Waals surface area (Å²) < 4.78 is 30.1. The highest BCUT2D eigenvalue weighted by Crippen LogP contribution is 2.28. The molecule has 1 aromatic carbocycles. The molecular formula is C19H25N4O4S-. The number of nitrogens with one attached hydrogen (secondary N) is 2. The first-order valence-electron chi connectivity index (χ1n) is 8.94. The number of benzene rings is 1. The standard InChI is InChI=1S/C19H26N4O4S/c1-12(2)8-15(20-11-24)10-27-17-9-16(21-19(22-17)23-28(25)26)18-13(3)6-5-7-14(18)4/h5-7,9,11-12,15H,8,10H2,1-4H3,(H,20,24)(H,25,26)(H,21,22,23)/p-1/t15-/m1/s1. The zero-order valence-corrected chi connectivity index (χ0v) is 17.2. The van der Waals surface area contributed by atoms with Crippen LogP contribution < -0.4 is 14.8 Å². The minimum atomic E-state index is -2.56. The van der Waals surface area contributed by atoms with Crippen molar-refractivity contribution in [2.24, 2.45) is 5.92 Å². The summed E-state index contributed by atoms with van der Waals surface area (Å²) in [6, 6.07) is 7.34. The molecule has 2 rings (SSSR count). The Morgan fingerprint density at radius 2 is 1.93 bits per heavy atom. The number of anilines is 1. The van der Waals surface area contributed by atoms with Crippen molar-refractivity contribution < 1.29 is 18.3 Å². The van der Waals surface area contributed by atoms with Crippen LogP contribution in [0.4, 0.5) is 5.95 Å². The van der Waals surface area contributed by atoms with E-state index in [9.17, 15) is 13.6 Å². The Hall–Kier alpha value is -2.52. The van der Waals surface area contributed by atoms with E-state index in [1.807, 2.05) is 32.0 Å². The lowest BCUT2D eigenvalue weighted by Gasteiger charge is -2.19. The maximum Gasteiger partial charge on any atom is 0.237 e. The molecule has 0 fully saturated rings. The van der Waals surface area contributed by atoms with Crippen LogP contribution in [0.25, 0.3) is 11.3 Å². The van der Waals surface area contributed by atoms with E-state index in [4.69, 9.17) is 4.74 Å². The van der Waals surface area contributed by atoms with Gasteiger partial charge in [-0.2, -0.15) is 4.98 Å². The topological polar surface area (TPSA) is 116 Å². The Kier molecular flexibility index (Phi) is 7.89. The smallest absolute Gasteiger partial charge is 0.237 e. The van der Waals surface area contributed by atoms with Crippen molar-refractivity contribution in [1.82, 2.24) is 15.3 Å². The van der Waals surface area contributed by atoms with E-state index in [0.717, 1.165) is 23.1 Å². The van der Waals surface area contributed by atoms with Gasteiger partial charge in [-0.3, -0.25) is 13.7 Å². The Labute approximate surface area is 167 Å². The molecular weight excluding hydrogens is 380 g/mol. The summed E-state index contributed by atoms with van der Waals surface area (Å²) >= 11 is -2.56.